The van der Waals surface area contributed by atoms with Crippen LogP contribution in [0.3, 0.4) is 0 Å². The van der Waals surface area contributed by atoms with Crippen molar-refractivity contribution in [1.82, 2.24) is 5.32 Å². The summed E-state index contributed by atoms with van der Waals surface area (Å²) in [5, 5.41) is 13.8. The number of carbonyl (C=O) groups excluding carboxylic acids is 1. The molecule has 5 heteroatoms. The van der Waals surface area contributed by atoms with E-state index in [1.54, 1.807) is 7.11 Å². The average Bonchev–Trinajstić information content (AvgIpc) is 2.54. The van der Waals surface area contributed by atoms with Crippen molar-refractivity contribution in [3.63, 3.8) is 0 Å². The predicted octanol–water partition coefficient (Wildman–Crippen LogP) is 1.67. The van der Waals surface area contributed by atoms with Crippen LogP contribution >= 0.6 is 0 Å². The number of hydrogen-bond acceptors (Lipinski definition) is 5. The van der Waals surface area contributed by atoms with E-state index in [-0.39, 0.29) is 18.4 Å². The third-order valence-corrected chi connectivity index (χ3v) is 3.34. The largest absolute Gasteiger partial charge is 0.469 e. The van der Waals surface area contributed by atoms with E-state index in [2.05, 4.69) is 10.1 Å². The van der Waals surface area contributed by atoms with Crippen LogP contribution in [-0.2, 0) is 14.3 Å². The number of aliphatic hydroxyl groups excluding tert-OH is 1. The molecule has 2 N–H and O–H groups in total. The molecule has 0 saturated carbocycles. The Kier molecular flexibility index (Phi) is 8.66. The molecule has 2 atom stereocenters. The Bertz CT molecular complexity index is 397. The van der Waals surface area contributed by atoms with Gasteiger partial charge in [0, 0.05) is 26.2 Å². The molecule has 1 aromatic carbocycles. The van der Waals surface area contributed by atoms with Crippen molar-refractivity contribution >= 4 is 5.97 Å². The molecule has 0 aliphatic carbocycles. The summed E-state index contributed by atoms with van der Waals surface area (Å²) in [6.45, 7) is 1.39. The number of aliphatic hydroxyl groups is 1. The Morgan fingerprint density at radius 3 is 2.62 bits per heavy atom. The zero-order valence-electron chi connectivity index (χ0n) is 12.7. The minimum absolute atomic E-state index is 0.191. The van der Waals surface area contributed by atoms with Crippen molar-refractivity contribution in [2.75, 3.05) is 27.4 Å². The molecule has 21 heavy (non-hydrogen) atoms. The second-order valence-electron chi connectivity index (χ2n) is 4.88. The lowest BCUT2D eigenvalue weighted by molar-refractivity contribution is -0.141. The number of carbonyl (C=O) groups is 1. The Morgan fingerprint density at radius 2 is 2.00 bits per heavy atom. The van der Waals surface area contributed by atoms with Gasteiger partial charge in [0.1, 0.15) is 0 Å². The highest BCUT2D eigenvalue weighted by Gasteiger charge is 2.21. The number of esters is 1. The van der Waals surface area contributed by atoms with Gasteiger partial charge in [0.05, 0.1) is 13.2 Å². The zero-order chi connectivity index (χ0) is 15.5. The van der Waals surface area contributed by atoms with E-state index in [1.165, 1.54) is 7.11 Å². The Labute approximate surface area is 126 Å². The maximum atomic E-state index is 11.3. The maximum Gasteiger partial charge on any atom is 0.305 e. The van der Waals surface area contributed by atoms with E-state index in [0.29, 0.717) is 13.0 Å². The summed E-state index contributed by atoms with van der Waals surface area (Å²) in [5.41, 5.74) is 0.839. The molecular weight excluding hydrogens is 270 g/mol. The van der Waals surface area contributed by atoms with Gasteiger partial charge in [-0.05, 0) is 24.9 Å². The van der Waals surface area contributed by atoms with Gasteiger partial charge in [-0.25, -0.2) is 0 Å². The molecule has 1 rings (SSSR count). The van der Waals surface area contributed by atoms with E-state index in [1.807, 2.05) is 30.3 Å². The average molecular weight is 295 g/mol. The van der Waals surface area contributed by atoms with Gasteiger partial charge in [0.15, 0.2) is 0 Å². The number of hydrogen-bond donors (Lipinski definition) is 2. The molecule has 0 bridgehead atoms. The molecule has 0 radical (unpaired) electrons. The third kappa shape index (κ3) is 6.71. The van der Waals surface area contributed by atoms with Crippen LogP contribution in [0.4, 0.5) is 0 Å². The summed E-state index contributed by atoms with van der Waals surface area (Å²) in [5.74, 6) is -0.265. The summed E-state index contributed by atoms with van der Waals surface area (Å²) < 4.78 is 9.67. The summed E-state index contributed by atoms with van der Waals surface area (Å²) in [6, 6.07) is 9.26. The minimum atomic E-state index is -0.654. The van der Waals surface area contributed by atoms with E-state index in [9.17, 15) is 9.90 Å². The molecule has 0 spiro atoms. The number of benzene rings is 1. The molecule has 1 aromatic rings. The smallest absolute Gasteiger partial charge is 0.305 e. The highest BCUT2D eigenvalue weighted by molar-refractivity contribution is 5.69. The van der Waals surface area contributed by atoms with Crippen molar-refractivity contribution in [2.24, 2.45) is 0 Å². The number of rotatable bonds is 10. The molecule has 0 aromatic heterocycles. The van der Waals surface area contributed by atoms with Crippen LogP contribution in [0.1, 0.15) is 30.9 Å². The van der Waals surface area contributed by atoms with Crippen LogP contribution < -0.4 is 5.32 Å². The topological polar surface area (TPSA) is 67.8 Å². The highest BCUT2D eigenvalue weighted by Crippen LogP contribution is 2.20. The molecule has 5 nitrogen and oxygen atoms in total. The molecule has 0 heterocycles. The van der Waals surface area contributed by atoms with E-state index >= 15 is 0 Å². The first-order chi connectivity index (χ1) is 10.2. The Morgan fingerprint density at radius 1 is 1.29 bits per heavy atom. The highest BCUT2D eigenvalue weighted by atomic mass is 16.5. The van der Waals surface area contributed by atoms with Gasteiger partial charge in [0.2, 0.25) is 0 Å². The van der Waals surface area contributed by atoms with Crippen LogP contribution in [0, 0.1) is 0 Å². The molecule has 0 fully saturated rings. The fourth-order valence-corrected chi connectivity index (χ4v) is 2.13. The summed E-state index contributed by atoms with van der Waals surface area (Å²) in [4.78, 5) is 11.3. The zero-order valence-corrected chi connectivity index (χ0v) is 12.7. The molecule has 0 amide bonds. The minimum Gasteiger partial charge on any atom is -0.469 e. The number of nitrogens with one attached hydrogen (secondary N) is 1. The number of methoxy groups -OCH3 is 2. The Hall–Kier alpha value is -1.43. The van der Waals surface area contributed by atoms with Crippen LogP contribution in [0.2, 0.25) is 0 Å². The molecule has 118 valence electrons. The van der Waals surface area contributed by atoms with E-state index in [4.69, 9.17) is 4.74 Å². The fraction of sp³-hybridized carbons (Fsp3) is 0.562. The van der Waals surface area contributed by atoms with Gasteiger partial charge in [-0.3, -0.25) is 4.79 Å². The first kappa shape index (κ1) is 17.6. The first-order valence-electron chi connectivity index (χ1n) is 7.21. The first-order valence-corrected chi connectivity index (χ1v) is 7.21. The van der Waals surface area contributed by atoms with E-state index < -0.39 is 6.10 Å². The van der Waals surface area contributed by atoms with Crippen molar-refractivity contribution in [1.29, 1.82) is 0 Å². The standard InChI is InChI=1S/C16H25NO4/c1-20-12-6-11-17-14(9-10-15(18)21-2)16(19)13-7-4-3-5-8-13/h3-5,7-8,14,16-17,19H,6,9-12H2,1-2H3. The normalized spacial score (nSPS) is 13.7. The van der Waals surface area contributed by atoms with Gasteiger partial charge in [-0.1, -0.05) is 30.3 Å². The van der Waals surface area contributed by atoms with Crippen LogP contribution in [0.5, 0.6) is 0 Å². The number of ether oxygens (including phenoxy) is 2. The third-order valence-electron chi connectivity index (χ3n) is 3.34. The van der Waals surface area contributed by atoms with E-state index in [0.717, 1.165) is 18.5 Å². The van der Waals surface area contributed by atoms with Gasteiger partial charge < -0.3 is 19.9 Å². The lowest BCUT2D eigenvalue weighted by Crippen LogP contribution is -2.36. The van der Waals surface area contributed by atoms with Crippen molar-refractivity contribution in [3.8, 4) is 0 Å². The second kappa shape index (κ2) is 10.3. The Balaban J connectivity index is 2.59. The van der Waals surface area contributed by atoms with Crippen molar-refractivity contribution < 1.29 is 19.4 Å². The van der Waals surface area contributed by atoms with Crippen molar-refractivity contribution in [2.45, 2.75) is 31.4 Å². The molecule has 0 aliphatic rings. The summed E-state index contributed by atoms with van der Waals surface area (Å²) >= 11 is 0. The molecule has 2 unspecified atom stereocenters. The second-order valence-corrected chi connectivity index (χ2v) is 4.88. The maximum absolute atomic E-state index is 11.3. The van der Waals surface area contributed by atoms with Gasteiger partial charge in [-0.2, -0.15) is 0 Å². The van der Waals surface area contributed by atoms with Gasteiger partial charge >= 0.3 is 5.97 Å². The fourth-order valence-electron chi connectivity index (χ4n) is 2.13. The van der Waals surface area contributed by atoms with Crippen molar-refractivity contribution in [3.05, 3.63) is 35.9 Å². The quantitative estimate of drug-likeness (QED) is 0.507. The molecule has 0 saturated heterocycles. The van der Waals surface area contributed by atoms with Crippen LogP contribution in [0.25, 0.3) is 0 Å². The van der Waals surface area contributed by atoms with Crippen LogP contribution in [0.15, 0.2) is 30.3 Å². The van der Waals surface area contributed by atoms with Gasteiger partial charge in [0.25, 0.3) is 0 Å². The summed E-state index contributed by atoms with van der Waals surface area (Å²) in [7, 11) is 3.03. The lowest BCUT2D eigenvalue weighted by atomic mass is 9.98. The van der Waals surface area contributed by atoms with Crippen LogP contribution in [-0.4, -0.2) is 44.5 Å². The monoisotopic (exact) mass is 295 g/mol. The summed E-state index contributed by atoms with van der Waals surface area (Å²) in [6.07, 6.45) is 1.00. The SMILES string of the molecule is COCCCNC(CCC(=O)OC)C(O)c1ccccc1. The molecule has 0 aliphatic heterocycles. The lowest BCUT2D eigenvalue weighted by Gasteiger charge is -2.24. The predicted molar refractivity (Wildman–Crippen MR) is 80.9 cm³/mol. The van der Waals surface area contributed by atoms with Gasteiger partial charge in [-0.15, -0.1) is 0 Å². The molecular formula is C16H25NO4.